The van der Waals surface area contributed by atoms with E-state index in [4.69, 9.17) is 10.2 Å². The van der Waals surface area contributed by atoms with Crippen LogP contribution in [0.15, 0.2) is 18.2 Å². The van der Waals surface area contributed by atoms with Crippen molar-refractivity contribution in [3.05, 3.63) is 23.8 Å². The molecule has 21 heavy (non-hydrogen) atoms. The molecule has 8 heteroatoms. The quantitative estimate of drug-likeness (QED) is 0.690. The Kier molecular flexibility index (Phi) is 4.49. The van der Waals surface area contributed by atoms with Crippen molar-refractivity contribution in [1.29, 1.82) is 0 Å². The van der Waals surface area contributed by atoms with Crippen LogP contribution >= 0.6 is 0 Å². The number of hydrogen-bond donors (Lipinski definition) is 3. The van der Waals surface area contributed by atoms with Gasteiger partial charge in [-0.1, -0.05) is 5.21 Å². The number of aliphatic hydroxyl groups is 1. The van der Waals surface area contributed by atoms with Crippen LogP contribution in [0.4, 0.5) is 0 Å². The third kappa shape index (κ3) is 3.16. The van der Waals surface area contributed by atoms with E-state index in [1.807, 2.05) is 6.92 Å². The van der Waals surface area contributed by atoms with E-state index in [1.165, 1.54) is 0 Å². The van der Waals surface area contributed by atoms with Gasteiger partial charge in [-0.05, 0) is 25.1 Å². The second kappa shape index (κ2) is 6.31. The highest BCUT2D eigenvalue weighted by Gasteiger charge is 2.20. The van der Waals surface area contributed by atoms with Crippen LogP contribution in [0.3, 0.4) is 0 Å². The van der Waals surface area contributed by atoms with Crippen molar-refractivity contribution in [3.63, 3.8) is 0 Å². The summed E-state index contributed by atoms with van der Waals surface area (Å²) < 4.78 is 1.70. The van der Waals surface area contributed by atoms with Crippen molar-refractivity contribution in [3.8, 4) is 0 Å². The van der Waals surface area contributed by atoms with Gasteiger partial charge in [-0.3, -0.25) is 4.79 Å². The molecule has 1 amide bonds. The normalized spacial score (nSPS) is 12.3. The predicted octanol–water partition coefficient (Wildman–Crippen LogP) is 0.0166. The number of carbonyl (C=O) groups is 2. The summed E-state index contributed by atoms with van der Waals surface area (Å²) in [5, 5.41) is 28.0. The molecule has 0 radical (unpaired) electrons. The molecule has 0 fully saturated rings. The molecule has 0 spiro atoms. The molecule has 2 aromatic rings. The molecular weight excluding hydrogens is 276 g/mol. The molecule has 0 aliphatic rings. The zero-order valence-corrected chi connectivity index (χ0v) is 11.5. The van der Waals surface area contributed by atoms with Crippen molar-refractivity contribution >= 4 is 22.9 Å². The van der Waals surface area contributed by atoms with Gasteiger partial charge in [-0.25, -0.2) is 9.48 Å². The Labute approximate surface area is 120 Å². The first-order valence-electron chi connectivity index (χ1n) is 6.54. The molecule has 1 unspecified atom stereocenters. The lowest BCUT2D eigenvalue weighted by Crippen LogP contribution is -2.41. The standard InChI is InChI=1S/C13H16N4O4/c1-2-17-11-4-3-8(7-10(11)15-16-17)12(19)14-9(5-6-18)13(20)21/h3-4,7,9,18H,2,5-6H2,1H3,(H,14,19)(H,20,21). The number of nitrogens with zero attached hydrogens (tertiary/aromatic N) is 3. The largest absolute Gasteiger partial charge is 0.480 e. The number of aliphatic carboxylic acids is 1. The summed E-state index contributed by atoms with van der Waals surface area (Å²) in [6, 6.07) is 3.74. The van der Waals surface area contributed by atoms with Gasteiger partial charge in [0.15, 0.2) is 0 Å². The topological polar surface area (TPSA) is 117 Å². The molecule has 1 atom stereocenters. The lowest BCUT2D eigenvalue weighted by molar-refractivity contribution is -0.139. The molecule has 0 saturated carbocycles. The number of hydrogen-bond acceptors (Lipinski definition) is 5. The van der Waals surface area contributed by atoms with Gasteiger partial charge in [-0.15, -0.1) is 5.10 Å². The van der Waals surface area contributed by atoms with Crippen LogP contribution < -0.4 is 5.32 Å². The van der Waals surface area contributed by atoms with E-state index >= 15 is 0 Å². The first-order valence-corrected chi connectivity index (χ1v) is 6.54. The van der Waals surface area contributed by atoms with E-state index in [0.717, 1.165) is 5.52 Å². The molecule has 0 saturated heterocycles. The molecule has 2 rings (SSSR count). The average Bonchev–Trinajstić information content (AvgIpc) is 2.88. The smallest absolute Gasteiger partial charge is 0.326 e. The fraction of sp³-hybridized carbons (Fsp3) is 0.385. The second-order valence-electron chi connectivity index (χ2n) is 4.49. The Morgan fingerprint density at radius 3 is 2.81 bits per heavy atom. The van der Waals surface area contributed by atoms with Gasteiger partial charge in [0.2, 0.25) is 0 Å². The minimum atomic E-state index is -1.18. The lowest BCUT2D eigenvalue weighted by atomic mass is 10.1. The SMILES string of the molecule is CCn1nnc2cc(C(=O)NC(CCO)C(=O)O)ccc21. The fourth-order valence-electron chi connectivity index (χ4n) is 1.98. The number of amides is 1. The zero-order valence-electron chi connectivity index (χ0n) is 11.5. The summed E-state index contributed by atoms with van der Waals surface area (Å²) in [5.74, 6) is -1.71. The van der Waals surface area contributed by atoms with E-state index < -0.39 is 17.9 Å². The van der Waals surface area contributed by atoms with Crippen molar-refractivity contribution in [2.75, 3.05) is 6.61 Å². The van der Waals surface area contributed by atoms with E-state index in [0.29, 0.717) is 17.6 Å². The maximum Gasteiger partial charge on any atom is 0.326 e. The van der Waals surface area contributed by atoms with Crippen molar-refractivity contribution in [2.45, 2.75) is 25.9 Å². The first kappa shape index (κ1) is 14.9. The number of carboxylic acids is 1. The number of aliphatic hydroxyl groups excluding tert-OH is 1. The molecule has 0 aliphatic heterocycles. The summed E-state index contributed by atoms with van der Waals surface area (Å²) in [5.41, 5.74) is 1.67. The van der Waals surface area contributed by atoms with Gasteiger partial charge in [0.25, 0.3) is 5.91 Å². The van der Waals surface area contributed by atoms with Crippen molar-refractivity contribution in [2.24, 2.45) is 0 Å². The summed E-state index contributed by atoms with van der Waals surface area (Å²) in [4.78, 5) is 23.0. The van der Waals surface area contributed by atoms with E-state index in [2.05, 4.69) is 15.6 Å². The maximum absolute atomic E-state index is 12.0. The Hall–Kier alpha value is -2.48. The predicted molar refractivity (Wildman–Crippen MR) is 73.8 cm³/mol. The van der Waals surface area contributed by atoms with Crippen LogP contribution in [-0.2, 0) is 11.3 Å². The second-order valence-corrected chi connectivity index (χ2v) is 4.49. The summed E-state index contributed by atoms with van der Waals surface area (Å²) in [6.07, 6.45) is -0.0463. The highest BCUT2D eigenvalue weighted by atomic mass is 16.4. The minimum absolute atomic E-state index is 0.0463. The van der Waals surface area contributed by atoms with Crippen molar-refractivity contribution < 1.29 is 19.8 Å². The Bertz CT molecular complexity index is 667. The molecule has 1 aromatic heterocycles. The van der Waals surface area contributed by atoms with Crippen LogP contribution in [0.25, 0.3) is 11.0 Å². The van der Waals surface area contributed by atoms with E-state index in [-0.39, 0.29) is 13.0 Å². The number of benzene rings is 1. The number of carbonyl (C=O) groups excluding carboxylic acids is 1. The number of carboxylic acid groups (broad SMARTS) is 1. The molecule has 112 valence electrons. The molecule has 1 aromatic carbocycles. The van der Waals surface area contributed by atoms with Gasteiger partial charge in [0, 0.05) is 25.1 Å². The van der Waals surface area contributed by atoms with E-state index in [9.17, 15) is 9.59 Å². The number of nitrogens with one attached hydrogen (secondary N) is 1. The number of fused-ring (bicyclic) bond motifs is 1. The molecule has 8 nitrogen and oxygen atoms in total. The zero-order chi connectivity index (χ0) is 15.4. The fourth-order valence-corrected chi connectivity index (χ4v) is 1.98. The monoisotopic (exact) mass is 292 g/mol. The molecule has 0 bridgehead atoms. The summed E-state index contributed by atoms with van der Waals surface area (Å²) >= 11 is 0. The highest BCUT2D eigenvalue weighted by molar-refractivity contribution is 5.99. The lowest BCUT2D eigenvalue weighted by Gasteiger charge is -2.13. The number of aryl methyl sites for hydroxylation is 1. The summed E-state index contributed by atoms with van der Waals surface area (Å²) in [6.45, 7) is 2.28. The first-order chi connectivity index (χ1) is 10.1. The third-order valence-corrected chi connectivity index (χ3v) is 3.10. The molecular formula is C13H16N4O4. The van der Waals surface area contributed by atoms with Gasteiger partial charge in [0.05, 0.1) is 5.52 Å². The Balaban J connectivity index is 2.21. The average molecular weight is 292 g/mol. The van der Waals surface area contributed by atoms with Gasteiger partial charge >= 0.3 is 5.97 Å². The van der Waals surface area contributed by atoms with Gasteiger partial charge in [-0.2, -0.15) is 0 Å². The number of rotatable bonds is 6. The van der Waals surface area contributed by atoms with Gasteiger partial charge < -0.3 is 15.5 Å². The number of aromatic nitrogens is 3. The van der Waals surface area contributed by atoms with Crippen LogP contribution in [0.1, 0.15) is 23.7 Å². The van der Waals surface area contributed by atoms with E-state index in [1.54, 1.807) is 22.9 Å². The Morgan fingerprint density at radius 2 is 2.19 bits per heavy atom. The molecule has 3 N–H and O–H groups in total. The minimum Gasteiger partial charge on any atom is -0.480 e. The van der Waals surface area contributed by atoms with Gasteiger partial charge in [0.1, 0.15) is 11.6 Å². The van der Waals surface area contributed by atoms with Crippen LogP contribution in [0, 0.1) is 0 Å². The Morgan fingerprint density at radius 1 is 1.43 bits per heavy atom. The molecule has 1 heterocycles. The highest BCUT2D eigenvalue weighted by Crippen LogP contribution is 2.13. The van der Waals surface area contributed by atoms with Crippen molar-refractivity contribution in [1.82, 2.24) is 20.3 Å². The molecule has 0 aliphatic carbocycles. The van der Waals surface area contributed by atoms with Crippen LogP contribution in [0.5, 0.6) is 0 Å². The van der Waals surface area contributed by atoms with Crippen LogP contribution in [-0.4, -0.2) is 49.7 Å². The third-order valence-electron chi connectivity index (χ3n) is 3.10. The maximum atomic E-state index is 12.0. The van der Waals surface area contributed by atoms with Crippen LogP contribution in [0.2, 0.25) is 0 Å². The summed E-state index contributed by atoms with van der Waals surface area (Å²) in [7, 11) is 0.